The highest BCUT2D eigenvalue weighted by molar-refractivity contribution is 8.93. The van der Waals surface area contributed by atoms with Crippen LogP contribution < -0.4 is 0 Å². The second kappa shape index (κ2) is 6.71. The summed E-state index contributed by atoms with van der Waals surface area (Å²) >= 11 is 0. The van der Waals surface area contributed by atoms with E-state index in [2.05, 4.69) is 0 Å². The molecule has 2 aromatic rings. The van der Waals surface area contributed by atoms with Crippen LogP contribution in [-0.4, -0.2) is 11.9 Å². The van der Waals surface area contributed by atoms with Gasteiger partial charge < -0.3 is 4.74 Å². The van der Waals surface area contributed by atoms with Crippen molar-refractivity contribution in [2.24, 2.45) is 0 Å². The maximum Gasteiger partial charge on any atom is 0.346 e. The monoisotopic (exact) mass is 306 g/mol. The molecule has 0 aliphatic rings. The summed E-state index contributed by atoms with van der Waals surface area (Å²) in [5, 5.41) is 0. The zero-order valence-electron chi connectivity index (χ0n) is 9.41. The van der Waals surface area contributed by atoms with E-state index in [-0.39, 0.29) is 17.0 Å². The standard InChI is InChI=1S/C14H10O3.BrH/c15-13(11-7-3-1-4-8-11)17-14(16)12-9-5-2-6-10-12;/h1-10H;1H. The summed E-state index contributed by atoms with van der Waals surface area (Å²) in [5.41, 5.74) is 0.716. The van der Waals surface area contributed by atoms with Gasteiger partial charge in [-0.05, 0) is 24.3 Å². The molecule has 3 nitrogen and oxygen atoms in total. The first-order valence-corrected chi connectivity index (χ1v) is 5.14. The highest BCUT2D eigenvalue weighted by atomic mass is 79.9. The fourth-order valence-electron chi connectivity index (χ4n) is 1.35. The largest absolute Gasteiger partial charge is 0.386 e. The summed E-state index contributed by atoms with van der Waals surface area (Å²) < 4.78 is 4.74. The van der Waals surface area contributed by atoms with Gasteiger partial charge in [-0.3, -0.25) is 0 Å². The normalized spacial score (nSPS) is 9.11. The summed E-state index contributed by atoms with van der Waals surface area (Å²) in [7, 11) is 0. The lowest BCUT2D eigenvalue weighted by atomic mass is 10.2. The molecule has 0 heterocycles. The lowest BCUT2D eigenvalue weighted by molar-refractivity contribution is 0.0398. The molecule has 0 fully saturated rings. The van der Waals surface area contributed by atoms with Crippen molar-refractivity contribution < 1.29 is 14.3 Å². The van der Waals surface area contributed by atoms with E-state index in [4.69, 9.17) is 4.74 Å². The predicted octanol–water partition coefficient (Wildman–Crippen LogP) is 3.26. The number of ether oxygens (including phenoxy) is 1. The van der Waals surface area contributed by atoms with Crippen LogP contribution in [0.25, 0.3) is 0 Å². The third-order valence-electron chi connectivity index (χ3n) is 2.20. The van der Waals surface area contributed by atoms with E-state index in [0.717, 1.165) is 0 Å². The van der Waals surface area contributed by atoms with Gasteiger partial charge >= 0.3 is 11.9 Å². The van der Waals surface area contributed by atoms with E-state index in [0.29, 0.717) is 11.1 Å². The molecule has 4 heteroatoms. The molecule has 0 saturated carbocycles. The summed E-state index contributed by atoms with van der Waals surface area (Å²) in [6, 6.07) is 16.8. The number of carbonyl (C=O) groups excluding carboxylic acids is 2. The van der Waals surface area contributed by atoms with Gasteiger partial charge in [-0.25, -0.2) is 9.59 Å². The van der Waals surface area contributed by atoms with Crippen molar-refractivity contribution in [2.45, 2.75) is 0 Å². The number of hydrogen-bond acceptors (Lipinski definition) is 3. The van der Waals surface area contributed by atoms with Crippen LogP contribution in [0.15, 0.2) is 60.7 Å². The third kappa shape index (κ3) is 3.53. The first-order chi connectivity index (χ1) is 8.27. The number of hydrogen-bond donors (Lipinski definition) is 0. The van der Waals surface area contributed by atoms with Crippen LogP contribution in [0.1, 0.15) is 20.7 Å². The van der Waals surface area contributed by atoms with Crippen molar-refractivity contribution in [1.82, 2.24) is 0 Å². The molecular formula is C14H11BrO3. The Balaban J connectivity index is 0.00000162. The number of halogens is 1. The second-order valence-electron chi connectivity index (χ2n) is 3.41. The Morgan fingerprint density at radius 1 is 0.667 bits per heavy atom. The summed E-state index contributed by atoms with van der Waals surface area (Å²) in [6.07, 6.45) is 0. The molecule has 0 saturated heterocycles. The van der Waals surface area contributed by atoms with E-state index in [1.807, 2.05) is 0 Å². The van der Waals surface area contributed by atoms with Crippen LogP contribution in [-0.2, 0) is 4.74 Å². The van der Waals surface area contributed by atoms with Crippen LogP contribution in [0.2, 0.25) is 0 Å². The first kappa shape index (κ1) is 14.1. The zero-order chi connectivity index (χ0) is 12.1. The van der Waals surface area contributed by atoms with Crippen LogP contribution >= 0.6 is 17.0 Å². The Morgan fingerprint density at radius 2 is 1.00 bits per heavy atom. The molecule has 18 heavy (non-hydrogen) atoms. The molecule has 0 N–H and O–H groups in total. The quantitative estimate of drug-likeness (QED) is 0.632. The van der Waals surface area contributed by atoms with E-state index in [1.165, 1.54) is 0 Å². The van der Waals surface area contributed by atoms with Crippen molar-refractivity contribution in [1.29, 1.82) is 0 Å². The molecule has 0 amide bonds. The molecule has 0 atom stereocenters. The van der Waals surface area contributed by atoms with E-state index in [9.17, 15) is 9.59 Å². The Morgan fingerprint density at radius 3 is 1.33 bits per heavy atom. The van der Waals surface area contributed by atoms with Crippen molar-refractivity contribution in [3.8, 4) is 0 Å². The molecule has 92 valence electrons. The van der Waals surface area contributed by atoms with Gasteiger partial charge in [-0.1, -0.05) is 36.4 Å². The van der Waals surface area contributed by atoms with Crippen LogP contribution in [0.3, 0.4) is 0 Å². The molecule has 0 unspecified atom stereocenters. The molecule has 0 aliphatic carbocycles. The second-order valence-corrected chi connectivity index (χ2v) is 3.41. The minimum absolute atomic E-state index is 0. The Bertz CT molecular complexity index is 474. The zero-order valence-corrected chi connectivity index (χ0v) is 11.1. The van der Waals surface area contributed by atoms with Crippen molar-refractivity contribution in [3.63, 3.8) is 0 Å². The van der Waals surface area contributed by atoms with Crippen molar-refractivity contribution in [3.05, 3.63) is 71.8 Å². The van der Waals surface area contributed by atoms with Crippen molar-refractivity contribution in [2.75, 3.05) is 0 Å². The molecule has 2 rings (SSSR count). The van der Waals surface area contributed by atoms with Gasteiger partial charge in [0, 0.05) is 0 Å². The van der Waals surface area contributed by atoms with E-state index >= 15 is 0 Å². The Kier molecular flexibility index (Phi) is 5.27. The average Bonchev–Trinajstić information content (AvgIpc) is 2.40. The summed E-state index contributed by atoms with van der Waals surface area (Å²) in [4.78, 5) is 23.2. The van der Waals surface area contributed by atoms with Crippen LogP contribution in [0.4, 0.5) is 0 Å². The maximum atomic E-state index is 11.6. The van der Waals surface area contributed by atoms with Crippen LogP contribution in [0.5, 0.6) is 0 Å². The topological polar surface area (TPSA) is 43.4 Å². The summed E-state index contributed by atoms with van der Waals surface area (Å²) in [5.74, 6) is -1.28. The lowest BCUT2D eigenvalue weighted by Crippen LogP contribution is -2.12. The summed E-state index contributed by atoms with van der Waals surface area (Å²) in [6.45, 7) is 0. The molecule has 0 radical (unpaired) electrons. The fraction of sp³-hybridized carbons (Fsp3) is 0. The Labute approximate surface area is 115 Å². The highest BCUT2D eigenvalue weighted by Crippen LogP contribution is 2.05. The smallest absolute Gasteiger partial charge is 0.346 e. The van der Waals surface area contributed by atoms with E-state index < -0.39 is 11.9 Å². The van der Waals surface area contributed by atoms with Crippen molar-refractivity contribution >= 4 is 28.9 Å². The van der Waals surface area contributed by atoms with Gasteiger partial charge in [0.2, 0.25) is 0 Å². The molecule has 0 spiro atoms. The fourth-order valence-corrected chi connectivity index (χ4v) is 1.35. The minimum Gasteiger partial charge on any atom is -0.386 e. The van der Waals surface area contributed by atoms with E-state index in [1.54, 1.807) is 60.7 Å². The number of benzene rings is 2. The predicted molar refractivity (Wildman–Crippen MR) is 73.0 cm³/mol. The molecule has 0 bridgehead atoms. The lowest BCUT2D eigenvalue weighted by Gasteiger charge is -2.02. The van der Waals surface area contributed by atoms with Gasteiger partial charge in [0.25, 0.3) is 0 Å². The van der Waals surface area contributed by atoms with Gasteiger partial charge in [-0.15, -0.1) is 17.0 Å². The van der Waals surface area contributed by atoms with Gasteiger partial charge in [0.05, 0.1) is 11.1 Å². The molecule has 2 aromatic carbocycles. The van der Waals surface area contributed by atoms with Crippen LogP contribution in [0, 0.1) is 0 Å². The number of esters is 2. The maximum absolute atomic E-state index is 11.6. The van der Waals surface area contributed by atoms with Gasteiger partial charge in [-0.2, -0.15) is 0 Å². The average molecular weight is 307 g/mol. The highest BCUT2D eigenvalue weighted by Gasteiger charge is 2.13. The number of carbonyl (C=O) groups is 2. The Hall–Kier alpha value is -1.94. The van der Waals surface area contributed by atoms with Gasteiger partial charge in [0.1, 0.15) is 0 Å². The SMILES string of the molecule is Br.O=C(OC(=O)c1ccccc1)c1ccccc1. The molecular weight excluding hydrogens is 296 g/mol. The number of rotatable bonds is 2. The molecule has 0 aromatic heterocycles. The first-order valence-electron chi connectivity index (χ1n) is 5.14. The molecule has 0 aliphatic heterocycles. The minimum atomic E-state index is -0.639. The third-order valence-corrected chi connectivity index (χ3v) is 2.20. The van der Waals surface area contributed by atoms with Gasteiger partial charge in [0.15, 0.2) is 0 Å².